The molecule has 2 aromatic carbocycles. The molecule has 54 heavy (non-hydrogen) atoms. The van der Waals surface area contributed by atoms with Crippen molar-refractivity contribution in [1.82, 2.24) is 20.3 Å². The van der Waals surface area contributed by atoms with Crippen LogP contribution in [0.1, 0.15) is 78.6 Å². The number of alkyl carbamates (subject to hydrolysis) is 1. The second kappa shape index (κ2) is 14.7. The van der Waals surface area contributed by atoms with Gasteiger partial charge < -0.3 is 29.5 Å². The summed E-state index contributed by atoms with van der Waals surface area (Å²) in [7, 11) is -3.89. The Morgan fingerprint density at radius 1 is 0.981 bits per heavy atom. The fourth-order valence-electron chi connectivity index (χ4n) is 7.28. The van der Waals surface area contributed by atoms with E-state index < -0.39 is 74.3 Å². The second-order valence-corrected chi connectivity index (χ2v) is 17.7. The van der Waals surface area contributed by atoms with Gasteiger partial charge in [0.15, 0.2) is 0 Å². The number of fused-ring (bicyclic) bond motifs is 4. The van der Waals surface area contributed by atoms with Crippen LogP contribution in [0.2, 0.25) is 0 Å². The molecule has 7 rings (SSSR count). The van der Waals surface area contributed by atoms with Crippen molar-refractivity contribution in [2.24, 2.45) is 11.1 Å². The van der Waals surface area contributed by atoms with E-state index >= 15 is 0 Å². The first kappa shape index (κ1) is 37.4. The lowest BCUT2D eigenvalue weighted by molar-refractivity contribution is -0.141. The van der Waals surface area contributed by atoms with Crippen LogP contribution < -0.4 is 20.7 Å². The van der Waals surface area contributed by atoms with Crippen LogP contribution in [0.4, 0.5) is 4.79 Å². The molecule has 0 radical (unpaired) electrons. The van der Waals surface area contributed by atoms with Crippen molar-refractivity contribution in [2.45, 2.75) is 113 Å². The molecular weight excluding hydrogens is 715 g/mol. The monoisotopic (exact) mass is 761 g/mol. The number of para-hydroxylation sites is 2. The van der Waals surface area contributed by atoms with Crippen LogP contribution in [0.15, 0.2) is 70.3 Å². The number of benzene rings is 2. The van der Waals surface area contributed by atoms with Gasteiger partial charge in [-0.3, -0.25) is 19.1 Å². The lowest BCUT2D eigenvalue weighted by Gasteiger charge is -2.30. The third-order valence-electron chi connectivity index (χ3n) is 10.3. The number of ether oxygens (including phenoxy) is 1. The van der Waals surface area contributed by atoms with E-state index in [4.69, 9.17) is 14.0 Å². The van der Waals surface area contributed by atoms with Gasteiger partial charge in [-0.05, 0) is 83.6 Å². The number of nitrogens with zero attached hydrogens (tertiary/aromatic N) is 2. The van der Waals surface area contributed by atoms with E-state index in [0.29, 0.717) is 59.4 Å². The Morgan fingerprint density at radius 2 is 1.67 bits per heavy atom. The maximum absolute atomic E-state index is 14.5. The maximum Gasteiger partial charge on any atom is 0.408 e. The number of rotatable bonds is 6. The van der Waals surface area contributed by atoms with Crippen LogP contribution in [0.25, 0.3) is 21.9 Å². The summed E-state index contributed by atoms with van der Waals surface area (Å²) >= 11 is 0. The summed E-state index contributed by atoms with van der Waals surface area (Å²) in [5.74, 6) is -2.36. The van der Waals surface area contributed by atoms with E-state index in [1.165, 1.54) is 4.90 Å². The average molecular weight is 762 g/mol. The third kappa shape index (κ3) is 8.10. The molecule has 2 aliphatic carbocycles. The van der Waals surface area contributed by atoms with Crippen molar-refractivity contribution in [3.8, 4) is 0 Å². The molecule has 3 N–H and O–H groups in total. The predicted octanol–water partition coefficient (Wildman–Crippen LogP) is 4.28. The van der Waals surface area contributed by atoms with E-state index in [0.717, 1.165) is 12.8 Å². The van der Waals surface area contributed by atoms with Crippen LogP contribution in [0.5, 0.6) is 0 Å². The van der Waals surface area contributed by atoms with Crippen LogP contribution in [-0.2, 0) is 34.0 Å². The van der Waals surface area contributed by atoms with E-state index in [9.17, 15) is 27.6 Å². The van der Waals surface area contributed by atoms with Crippen LogP contribution >= 0.6 is 0 Å². The Hall–Kier alpha value is -4.92. The summed E-state index contributed by atoms with van der Waals surface area (Å²) in [6.07, 6.45) is 6.63. The van der Waals surface area contributed by atoms with Gasteiger partial charge in [0.2, 0.25) is 21.8 Å². The number of hydrogen-bond acceptors (Lipinski definition) is 10. The molecule has 288 valence electrons. The Bertz CT molecular complexity index is 2120. The Balaban J connectivity index is 1.22. The van der Waals surface area contributed by atoms with Gasteiger partial charge in [0, 0.05) is 23.1 Å². The van der Waals surface area contributed by atoms with E-state index in [2.05, 4.69) is 20.5 Å². The summed E-state index contributed by atoms with van der Waals surface area (Å²) in [5.41, 5.74) is -1.11. The largest absolute Gasteiger partial charge is 0.456 e. The molecule has 0 spiro atoms. The van der Waals surface area contributed by atoms with Crippen molar-refractivity contribution in [2.75, 3.05) is 6.54 Å². The molecule has 3 fully saturated rings. The first-order valence-electron chi connectivity index (χ1n) is 18.7. The summed E-state index contributed by atoms with van der Waals surface area (Å²) in [6.45, 7) is 5.14. The van der Waals surface area contributed by atoms with E-state index in [1.54, 1.807) is 20.8 Å². The maximum atomic E-state index is 14.5. The molecule has 15 heteroatoms. The Labute approximate surface area is 313 Å². The molecule has 1 saturated heterocycles. The highest BCUT2D eigenvalue weighted by atomic mass is 32.2. The summed E-state index contributed by atoms with van der Waals surface area (Å²) in [4.78, 5) is 63.0. The molecule has 0 bridgehead atoms. The Morgan fingerprint density at radius 3 is 2.33 bits per heavy atom. The van der Waals surface area contributed by atoms with Gasteiger partial charge in [0.25, 0.3) is 5.91 Å². The van der Waals surface area contributed by atoms with Crippen molar-refractivity contribution < 1.29 is 41.6 Å². The molecule has 0 unspecified atom stereocenters. The molecule has 5 atom stereocenters. The smallest absolute Gasteiger partial charge is 0.408 e. The predicted molar refractivity (Wildman–Crippen MR) is 199 cm³/mol. The quantitative estimate of drug-likeness (QED) is 0.187. The number of carbonyl (C=O) groups excluding carboxylic acids is 4. The van der Waals surface area contributed by atoms with Crippen molar-refractivity contribution >= 4 is 55.8 Å². The van der Waals surface area contributed by atoms with Gasteiger partial charge >= 0.3 is 6.09 Å². The first-order chi connectivity index (χ1) is 25.7. The highest BCUT2D eigenvalue weighted by molar-refractivity contribution is 7.91. The van der Waals surface area contributed by atoms with Gasteiger partial charge in [-0.15, -0.1) is 0 Å². The first-order valence-corrected chi connectivity index (χ1v) is 20.2. The third-order valence-corrected chi connectivity index (χ3v) is 12.2. The highest BCUT2D eigenvalue weighted by Gasteiger charge is 2.62. The second-order valence-electron chi connectivity index (χ2n) is 15.7. The zero-order valence-electron chi connectivity index (χ0n) is 30.7. The van der Waals surface area contributed by atoms with Crippen molar-refractivity contribution in [1.29, 1.82) is 0 Å². The van der Waals surface area contributed by atoms with Crippen molar-refractivity contribution in [3.05, 3.63) is 66.0 Å². The van der Waals surface area contributed by atoms with E-state index in [-0.39, 0.29) is 19.4 Å². The van der Waals surface area contributed by atoms with Crippen molar-refractivity contribution in [3.63, 3.8) is 0 Å². The molecule has 3 heterocycles. The van der Waals surface area contributed by atoms with Gasteiger partial charge in [-0.1, -0.05) is 54.4 Å². The molecule has 4 aliphatic rings. The minimum absolute atomic E-state index is 0.0197. The molecule has 2 saturated carbocycles. The average Bonchev–Trinajstić information content (AvgIpc) is 4.04. The molecule has 1 aromatic heterocycles. The van der Waals surface area contributed by atoms with Crippen LogP contribution in [-0.4, -0.2) is 78.3 Å². The minimum Gasteiger partial charge on any atom is -0.456 e. The minimum atomic E-state index is -3.89. The molecule has 4 amide bonds. The molecular formula is C39H47N5O9S. The Kier molecular flexibility index (Phi) is 10.2. The van der Waals surface area contributed by atoms with Gasteiger partial charge in [-0.2, -0.15) is 0 Å². The number of hydrogen-bond donors (Lipinski definition) is 3. The van der Waals surface area contributed by atoms with Gasteiger partial charge in [-0.25, -0.2) is 13.2 Å². The zero-order chi connectivity index (χ0) is 38.3. The van der Waals surface area contributed by atoms with Crippen LogP contribution in [0.3, 0.4) is 0 Å². The standard InChI is InChI=1S/C39H47N5O9S/c1-38(2,3)52-37(48)40-29-16-8-6-4-5-7-13-24-22-39(24,36(47)43-54(49,50)26-19-20-26)41-34(45)30-21-25(23-44(30)35(29)46)53-42-33-27-14-9-11-17-31(27)51-32-18-12-10-15-28(32)33/h7,9-15,17-18,24-26,29-30H,4-6,8,16,19-23H2,1-3H3,(H,40,48)(H,41,45)(H,43,47)/b13-7-/t24-,25+,29+,30-,39-/m0/s1. The molecule has 2 aliphatic heterocycles. The molecule has 3 aromatic rings. The summed E-state index contributed by atoms with van der Waals surface area (Å²) < 4.78 is 39.5. The van der Waals surface area contributed by atoms with Gasteiger partial charge in [0.05, 0.1) is 11.8 Å². The lowest BCUT2D eigenvalue weighted by atomic mass is 10.0. The summed E-state index contributed by atoms with van der Waals surface area (Å²) in [5, 5.41) is 11.5. The normalized spacial score (nSPS) is 27.1. The highest BCUT2D eigenvalue weighted by Crippen LogP contribution is 2.46. The lowest BCUT2D eigenvalue weighted by Crippen LogP contribution is -2.58. The number of sulfonamides is 1. The number of nitrogens with one attached hydrogen (secondary N) is 3. The topological polar surface area (TPSA) is 186 Å². The number of amides is 4. The fraction of sp³-hybridized carbons (Fsp3) is 0.513. The zero-order valence-corrected chi connectivity index (χ0v) is 31.5. The molecule has 14 nitrogen and oxygen atoms in total. The number of allylic oxidation sites excluding steroid dienone is 1. The number of carbonyl (C=O) groups is 4. The SMILES string of the molecule is CC(C)(C)OC(=O)N[C@@H]1CCCCC/C=C\[C@H]2C[C@]2(C(=O)NS(=O)(=O)C2CC2)NC(=O)[C@@H]2C[C@@H](ON=c3c4ccccc4oc4ccccc34)CN2C1=O. The van der Waals surface area contributed by atoms with Gasteiger partial charge in [0.1, 0.15) is 45.9 Å². The summed E-state index contributed by atoms with van der Waals surface area (Å²) in [6, 6.07) is 12.7. The van der Waals surface area contributed by atoms with E-state index in [1.807, 2.05) is 60.7 Å². The van der Waals surface area contributed by atoms with Crippen LogP contribution in [0, 0.1) is 5.92 Å². The fourth-order valence-corrected chi connectivity index (χ4v) is 8.64.